The van der Waals surface area contributed by atoms with Gasteiger partial charge in [0.05, 0.1) is 46.8 Å². The van der Waals surface area contributed by atoms with E-state index in [1.165, 1.54) is 6.26 Å². The van der Waals surface area contributed by atoms with Crippen LogP contribution < -0.4 is 4.90 Å². The number of aryl methyl sites for hydroxylation is 3. The number of anilines is 1. The molecule has 0 aromatic carbocycles. The van der Waals surface area contributed by atoms with E-state index < -0.39 is 9.84 Å². The van der Waals surface area contributed by atoms with E-state index in [2.05, 4.69) is 36.8 Å². The molecule has 0 saturated carbocycles. The van der Waals surface area contributed by atoms with Gasteiger partial charge in [0.1, 0.15) is 9.84 Å². The highest BCUT2D eigenvalue weighted by atomic mass is 32.2. The van der Waals surface area contributed by atoms with E-state index in [1.807, 2.05) is 67.0 Å². The van der Waals surface area contributed by atoms with Crippen LogP contribution in [0.15, 0.2) is 49.1 Å². The Morgan fingerprint density at radius 3 is 2.11 bits per heavy atom. The molecule has 1 aliphatic heterocycles. The quantitative estimate of drug-likeness (QED) is 0.251. The summed E-state index contributed by atoms with van der Waals surface area (Å²) in [7, 11) is -1.16. The fraction of sp³-hybridized carbons (Fsp3) is 0.375. The molecule has 7 heterocycles. The molecular weight excluding hydrogens is 588 g/mol. The Bertz CT molecular complexity index is 2210. The molecular formula is C32H36N10O2S. The van der Waals surface area contributed by atoms with Crippen molar-refractivity contribution in [2.45, 2.75) is 46.6 Å². The molecule has 6 aromatic rings. The zero-order valence-electron chi connectivity index (χ0n) is 26.5. The Morgan fingerprint density at radius 1 is 0.867 bits per heavy atom. The summed E-state index contributed by atoms with van der Waals surface area (Å²) >= 11 is 0. The highest BCUT2D eigenvalue weighted by Crippen LogP contribution is 2.35. The minimum absolute atomic E-state index is 0.0994. The number of nitrogens with zero attached hydrogens (tertiary/aromatic N) is 10. The molecule has 0 spiro atoms. The van der Waals surface area contributed by atoms with Gasteiger partial charge in [-0.3, -0.25) is 9.67 Å². The molecule has 45 heavy (non-hydrogen) atoms. The predicted molar refractivity (Wildman–Crippen MR) is 175 cm³/mol. The molecule has 6 aromatic heterocycles. The van der Waals surface area contributed by atoms with E-state index in [9.17, 15) is 8.42 Å². The number of aromatic nitrogens is 9. The van der Waals surface area contributed by atoms with E-state index in [0.717, 1.165) is 55.8 Å². The third-order valence-corrected chi connectivity index (χ3v) is 9.83. The summed E-state index contributed by atoms with van der Waals surface area (Å²) in [5.74, 6) is 1.85. The summed E-state index contributed by atoms with van der Waals surface area (Å²) in [6.45, 7) is 11.0. The van der Waals surface area contributed by atoms with Crippen LogP contribution in [0.3, 0.4) is 0 Å². The first-order valence-electron chi connectivity index (χ1n) is 15.0. The summed E-state index contributed by atoms with van der Waals surface area (Å²) < 4.78 is 29.4. The van der Waals surface area contributed by atoms with Crippen molar-refractivity contribution in [3.63, 3.8) is 0 Å². The van der Waals surface area contributed by atoms with Gasteiger partial charge in [0, 0.05) is 83.5 Å². The summed E-state index contributed by atoms with van der Waals surface area (Å²) in [6, 6.07) is 8.27. The van der Waals surface area contributed by atoms with E-state index >= 15 is 0 Å². The highest BCUT2D eigenvalue weighted by molar-refractivity contribution is 7.90. The number of sulfone groups is 1. The molecule has 2 atom stereocenters. The minimum atomic E-state index is -3.04. The van der Waals surface area contributed by atoms with Crippen molar-refractivity contribution in [1.29, 1.82) is 0 Å². The first-order valence-corrected chi connectivity index (χ1v) is 17.1. The molecule has 7 rings (SSSR count). The van der Waals surface area contributed by atoms with Gasteiger partial charge in [0.25, 0.3) is 0 Å². The van der Waals surface area contributed by atoms with E-state index in [-0.39, 0.29) is 23.6 Å². The van der Waals surface area contributed by atoms with Crippen molar-refractivity contribution in [2.75, 3.05) is 23.5 Å². The second-order valence-electron chi connectivity index (χ2n) is 12.5. The maximum Gasteiger partial charge on any atom is 0.156 e. The molecule has 0 bridgehead atoms. The third-order valence-electron chi connectivity index (χ3n) is 8.80. The first-order chi connectivity index (χ1) is 21.4. The predicted octanol–water partition coefficient (Wildman–Crippen LogP) is 4.56. The topological polar surface area (TPSA) is 130 Å². The SMILES string of the molecule is Cc1nc(-c2cnn(C)c2)cc2c1cnn2-c1cc2c(cnn2-c2cc(N3C[C@H](CS(C)(=O)=O)[C@H]3C)cc(C(C)C)n2)c(C)n1. The van der Waals surface area contributed by atoms with Gasteiger partial charge >= 0.3 is 0 Å². The van der Waals surface area contributed by atoms with Crippen LogP contribution in [0.4, 0.5) is 5.69 Å². The van der Waals surface area contributed by atoms with Crippen LogP contribution in [0.25, 0.3) is 44.7 Å². The summed E-state index contributed by atoms with van der Waals surface area (Å²) in [6.07, 6.45) is 8.71. The third kappa shape index (κ3) is 5.14. The van der Waals surface area contributed by atoms with Crippen LogP contribution in [0.2, 0.25) is 0 Å². The number of rotatable bonds is 7. The summed E-state index contributed by atoms with van der Waals surface area (Å²) in [4.78, 5) is 17.0. The monoisotopic (exact) mass is 624 g/mol. The van der Waals surface area contributed by atoms with Crippen molar-refractivity contribution in [2.24, 2.45) is 13.0 Å². The Kier molecular flexibility index (Phi) is 6.77. The zero-order valence-corrected chi connectivity index (χ0v) is 27.3. The van der Waals surface area contributed by atoms with Gasteiger partial charge in [-0.2, -0.15) is 15.3 Å². The minimum Gasteiger partial charge on any atom is -0.368 e. The first kappa shape index (κ1) is 29.1. The summed E-state index contributed by atoms with van der Waals surface area (Å²) in [5.41, 5.74) is 7.18. The van der Waals surface area contributed by atoms with Gasteiger partial charge in [-0.15, -0.1) is 0 Å². The highest BCUT2D eigenvalue weighted by Gasteiger charge is 2.38. The molecule has 12 nitrogen and oxygen atoms in total. The molecule has 13 heteroatoms. The molecule has 0 amide bonds. The lowest BCUT2D eigenvalue weighted by molar-refractivity contribution is 0.341. The van der Waals surface area contributed by atoms with Crippen molar-refractivity contribution >= 4 is 37.3 Å². The molecule has 1 fully saturated rings. The number of hydrogen-bond donors (Lipinski definition) is 0. The molecule has 0 aliphatic carbocycles. The number of fused-ring (bicyclic) bond motifs is 2. The summed E-state index contributed by atoms with van der Waals surface area (Å²) in [5, 5.41) is 15.7. The zero-order chi connectivity index (χ0) is 31.8. The van der Waals surface area contributed by atoms with Gasteiger partial charge in [-0.1, -0.05) is 13.8 Å². The number of hydrogen-bond acceptors (Lipinski definition) is 9. The fourth-order valence-corrected chi connectivity index (χ4v) is 7.38. The maximum atomic E-state index is 12.0. The van der Waals surface area contributed by atoms with Crippen LogP contribution in [-0.4, -0.2) is 77.3 Å². The lowest BCUT2D eigenvalue weighted by Crippen LogP contribution is -2.57. The van der Waals surface area contributed by atoms with Gasteiger partial charge < -0.3 is 4.90 Å². The van der Waals surface area contributed by atoms with E-state index in [1.54, 1.807) is 10.9 Å². The average molecular weight is 625 g/mol. The average Bonchev–Trinajstić information content (AvgIpc) is 3.72. The molecule has 1 saturated heterocycles. The molecule has 0 radical (unpaired) electrons. The Morgan fingerprint density at radius 2 is 1.51 bits per heavy atom. The van der Waals surface area contributed by atoms with E-state index in [4.69, 9.17) is 25.1 Å². The van der Waals surface area contributed by atoms with Crippen LogP contribution in [-0.2, 0) is 16.9 Å². The van der Waals surface area contributed by atoms with Crippen LogP contribution in [0, 0.1) is 19.8 Å². The maximum absolute atomic E-state index is 12.0. The van der Waals surface area contributed by atoms with Crippen molar-refractivity contribution in [1.82, 2.24) is 44.3 Å². The van der Waals surface area contributed by atoms with Crippen LogP contribution >= 0.6 is 0 Å². The smallest absolute Gasteiger partial charge is 0.156 e. The van der Waals surface area contributed by atoms with Gasteiger partial charge in [0.2, 0.25) is 0 Å². The van der Waals surface area contributed by atoms with Gasteiger partial charge in [-0.05, 0) is 38.8 Å². The fourth-order valence-electron chi connectivity index (χ4n) is 6.22. The Labute approximate surface area is 261 Å². The molecule has 0 N–H and O–H groups in total. The standard InChI is InChI=1S/C32H36N10O2S/c1-18(2)27-8-24(40-16-23(21(40)5)17-45(7,43)44)9-31(38-27)42-30-11-32(37-20(4)26(30)14-35-42)41-29-10-28(22-12-33-39(6)15-22)36-19(3)25(29)13-34-41/h8-15,18,21,23H,16-17H2,1-7H3/t21-,23-/m1/s1. The second kappa shape index (κ2) is 10.5. The lowest BCUT2D eigenvalue weighted by atomic mass is 9.90. The van der Waals surface area contributed by atoms with Crippen LogP contribution in [0.5, 0.6) is 0 Å². The second-order valence-corrected chi connectivity index (χ2v) is 14.7. The largest absolute Gasteiger partial charge is 0.368 e. The van der Waals surface area contributed by atoms with Crippen molar-refractivity contribution in [3.8, 4) is 22.9 Å². The molecule has 232 valence electrons. The van der Waals surface area contributed by atoms with E-state index in [0.29, 0.717) is 18.2 Å². The number of pyridine rings is 3. The molecule has 0 unspecified atom stereocenters. The normalized spacial score (nSPS) is 17.1. The molecule has 1 aliphatic rings. The van der Waals surface area contributed by atoms with Crippen molar-refractivity contribution < 1.29 is 8.42 Å². The Hall–Kier alpha value is -4.65. The van der Waals surface area contributed by atoms with Gasteiger partial charge in [-0.25, -0.2) is 27.7 Å². The Balaban J connectivity index is 1.32. The van der Waals surface area contributed by atoms with Crippen LogP contribution in [0.1, 0.15) is 43.8 Å². The van der Waals surface area contributed by atoms with Gasteiger partial charge in [0.15, 0.2) is 11.6 Å². The lowest BCUT2D eigenvalue weighted by Gasteiger charge is -2.48. The van der Waals surface area contributed by atoms with Crippen molar-refractivity contribution in [3.05, 3.63) is 66.1 Å².